The van der Waals surface area contributed by atoms with E-state index in [0.717, 1.165) is 33.4 Å². The molecule has 19 heavy (non-hydrogen) atoms. The van der Waals surface area contributed by atoms with Gasteiger partial charge in [-0.2, -0.15) is 0 Å². The fraction of sp³-hybridized carbons (Fsp3) is 0.312. The molecule has 0 aliphatic rings. The van der Waals surface area contributed by atoms with Crippen molar-refractivity contribution in [3.63, 3.8) is 0 Å². The highest BCUT2D eigenvalue weighted by Gasteiger charge is 2.08. The lowest BCUT2D eigenvalue weighted by atomic mass is 9.95. The van der Waals surface area contributed by atoms with Crippen molar-refractivity contribution in [3.05, 3.63) is 57.0 Å². The van der Waals surface area contributed by atoms with Gasteiger partial charge in [0.1, 0.15) is 0 Å². The van der Waals surface area contributed by atoms with Crippen molar-refractivity contribution in [1.29, 1.82) is 0 Å². The van der Waals surface area contributed by atoms with Gasteiger partial charge in [0.2, 0.25) is 0 Å². The summed E-state index contributed by atoms with van der Waals surface area (Å²) in [6.45, 7) is 5.90. The van der Waals surface area contributed by atoms with E-state index in [1.165, 1.54) is 0 Å². The Kier molecular flexibility index (Phi) is 3.58. The number of aryl methyl sites for hydroxylation is 4. The molecule has 0 unspecified atom stereocenters. The highest BCUT2D eigenvalue weighted by molar-refractivity contribution is 5.68. The number of nitrogens with zero attached hydrogens (tertiary/aromatic N) is 1. The molecule has 1 aromatic heterocycles. The maximum atomic E-state index is 11.7. The van der Waals surface area contributed by atoms with Crippen molar-refractivity contribution < 1.29 is 5.11 Å². The van der Waals surface area contributed by atoms with Crippen molar-refractivity contribution in [1.82, 2.24) is 4.57 Å². The minimum atomic E-state index is 0.0325. The summed E-state index contributed by atoms with van der Waals surface area (Å²) < 4.78 is 1.61. The smallest absolute Gasteiger partial charge is 0.253 e. The summed E-state index contributed by atoms with van der Waals surface area (Å²) in [5.74, 6) is 0. The lowest BCUT2D eigenvalue weighted by Gasteiger charge is -2.12. The molecule has 1 aromatic carbocycles. The molecule has 0 spiro atoms. The Morgan fingerprint density at radius 3 is 2.32 bits per heavy atom. The third kappa shape index (κ3) is 2.47. The Bertz CT molecular complexity index is 658. The number of hydrogen-bond acceptors (Lipinski definition) is 2. The minimum absolute atomic E-state index is 0.0325. The molecule has 0 fully saturated rings. The van der Waals surface area contributed by atoms with E-state index in [4.69, 9.17) is 0 Å². The van der Waals surface area contributed by atoms with Gasteiger partial charge >= 0.3 is 0 Å². The van der Waals surface area contributed by atoms with Crippen LogP contribution in [0.1, 0.15) is 22.3 Å². The Morgan fingerprint density at radius 2 is 1.74 bits per heavy atom. The molecule has 0 bridgehead atoms. The van der Waals surface area contributed by atoms with Crippen LogP contribution < -0.4 is 5.56 Å². The molecular weight excluding hydrogens is 238 g/mol. The standard InChI is InChI=1S/C16H19NO2/c1-10-7-15(11(2)5-14(10)9-18)13-6-12(3)16(19)17(4)8-13/h5-8,18H,9H2,1-4H3. The molecule has 100 valence electrons. The van der Waals surface area contributed by atoms with Gasteiger partial charge in [0.05, 0.1) is 6.61 Å². The Labute approximate surface area is 113 Å². The first-order valence-electron chi connectivity index (χ1n) is 6.32. The van der Waals surface area contributed by atoms with E-state index in [2.05, 4.69) is 6.07 Å². The third-order valence-electron chi connectivity index (χ3n) is 3.53. The monoisotopic (exact) mass is 257 g/mol. The first-order chi connectivity index (χ1) is 8.93. The summed E-state index contributed by atoms with van der Waals surface area (Å²) in [5.41, 5.74) is 6.02. The molecule has 0 atom stereocenters. The number of pyridine rings is 1. The quantitative estimate of drug-likeness (QED) is 0.898. The fourth-order valence-corrected chi connectivity index (χ4v) is 2.38. The van der Waals surface area contributed by atoms with Gasteiger partial charge in [-0.3, -0.25) is 4.79 Å². The van der Waals surface area contributed by atoms with E-state index < -0.39 is 0 Å². The van der Waals surface area contributed by atoms with Gasteiger partial charge in [0, 0.05) is 18.8 Å². The second-order valence-corrected chi connectivity index (χ2v) is 5.08. The molecular formula is C16H19NO2. The SMILES string of the molecule is Cc1cc(-c2cc(C)c(=O)n(C)c2)c(C)cc1CO. The predicted molar refractivity (Wildman–Crippen MR) is 77.3 cm³/mol. The molecule has 0 saturated carbocycles. The number of hydrogen-bond donors (Lipinski definition) is 1. The number of aliphatic hydroxyl groups excluding tert-OH is 1. The second kappa shape index (κ2) is 5.02. The van der Waals surface area contributed by atoms with Crippen molar-refractivity contribution in [2.75, 3.05) is 0 Å². The maximum absolute atomic E-state index is 11.7. The molecule has 1 heterocycles. The molecule has 3 heteroatoms. The molecule has 0 aliphatic carbocycles. The van der Waals surface area contributed by atoms with Crippen LogP contribution in [0.5, 0.6) is 0 Å². The van der Waals surface area contributed by atoms with Crippen LogP contribution in [-0.2, 0) is 13.7 Å². The van der Waals surface area contributed by atoms with E-state index in [1.54, 1.807) is 11.6 Å². The predicted octanol–water partition coefficient (Wildman–Crippen LogP) is 2.47. The van der Waals surface area contributed by atoms with Gasteiger partial charge in [-0.25, -0.2) is 0 Å². The van der Waals surface area contributed by atoms with Gasteiger partial charge in [0.15, 0.2) is 0 Å². The molecule has 2 rings (SSSR count). The van der Waals surface area contributed by atoms with Gasteiger partial charge in [-0.1, -0.05) is 12.1 Å². The van der Waals surface area contributed by atoms with Crippen molar-refractivity contribution in [2.24, 2.45) is 7.05 Å². The topological polar surface area (TPSA) is 42.2 Å². The molecule has 0 aliphatic heterocycles. The van der Waals surface area contributed by atoms with E-state index in [0.29, 0.717) is 0 Å². The van der Waals surface area contributed by atoms with Crippen molar-refractivity contribution in [3.8, 4) is 11.1 Å². The van der Waals surface area contributed by atoms with Gasteiger partial charge in [0.25, 0.3) is 5.56 Å². The summed E-state index contributed by atoms with van der Waals surface area (Å²) >= 11 is 0. The lowest BCUT2D eigenvalue weighted by Crippen LogP contribution is -2.18. The average molecular weight is 257 g/mol. The summed E-state index contributed by atoms with van der Waals surface area (Å²) in [5, 5.41) is 9.28. The second-order valence-electron chi connectivity index (χ2n) is 5.08. The van der Waals surface area contributed by atoms with Gasteiger partial charge in [-0.05, 0) is 54.7 Å². The lowest BCUT2D eigenvalue weighted by molar-refractivity contribution is 0.281. The molecule has 1 N–H and O–H groups in total. The van der Waals surface area contributed by atoms with Crippen LogP contribution >= 0.6 is 0 Å². The summed E-state index contributed by atoms with van der Waals surface area (Å²) in [7, 11) is 1.77. The van der Waals surface area contributed by atoms with Crippen molar-refractivity contribution in [2.45, 2.75) is 27.4 Å². The van der Waals surface area contributed by atoms with Crippen LogP contribution in [0.2, 0.25) is 0 Å². The first-order valence-corrected chi connectivity index (χ1v) is 6.32. The maximum Gasteiger partial charge on any atom is 0.253 e. The third-order valence-corrected chi connectivity index (χ3v) is 3.53. The Hall–Kier alpha value is -1.87. The van der Waals surface area contributed by atoms with Crippen molar-refractivity contribution >= 4 is 0 Å². The average Bonchev–Trinajstić information content (AvgIpc) is 2.37. The molecule has 0 saturated heterocycles. The minimum Gasteiger partial charge on any atom is -0.392 e. The summed E-state index contributed by atoms with van der Waals surface area (Å²) in [6, 6.07) is 5.99. The fourth-order valence-electron chi connectivity index (χ4n) is 2.38. The molecule has 0 radical (unpaired) electrons. The number of aliphatic hydroxyl groups is 1. The zero-order valence-electron chi connectivity index (χ0n) is 11.8. The van der Waals surface area contributed by atoms with Crippen LogP contribution in [0, 0.1) is 20.8 Å². The van der Waals surface area contributed by atoms with Gasteiger partial charge < -0.3 is 9.67 Å². The summed E-state index contributed by atoms with van der Waals surface area (Å²) in [4.78, 5) is 11.7. The molecule has 0 amide bonds. The van der Waals surface area contributed by atoms with Crippen LogP contribution in [0.25, 0.3) is 11.1 Å². The first kappa shape index (κ1) is 13.6. The highest BCUT2D eigenvalue weighted by Crippen LogP contribution is 2.26. The number of benzene rings is 1. The Morgan fingerprint density at radius 1 is 1.05 bits per heavy atom. The summed E-state index contributed by atoms with van der Waals surface area (Å²) in [6.07, 6.45) is 1.86. The Balaban J connectivity index is 2.66. The number of rotatable bonds is 2. The highest BCUT2D eigenvalue weighted by atomic mass is 16.3. The number of aromatic nitrogens is 1. The molecule has 3 nitrogen and oxygen atoms in total. The van der Waals surface area contributed by atoms with Crippen LogP contribution in [0.15, 0.2) is 29.2 Å². The molecule has 2 aromatic rings. The van der Waals surface area contributed by atoms with Gasteiger partial charge in [-0.15, -0.1) is 0 Å². The normalized spacial score (nSPS) is 10.8. The van der Waals surface area contributed by atoms with Crippen LogP contribution in [0.3, 0.4) is 0 Å². The zero-order valence-corrected chi connectivity index (χ0v) is 11.8. The van der Waals surface area contributed by atoms with E-state index in [9.17, 15) is 9.90 Å². The van der Waals surface area contributed by atoms with E-state index >= 15 is 0 Å². The zero-order chi connectivity index (χ0) is 14.2. The largest absolute Gasteiger partial charge is 0.392 e. The van der Waals surface area contributed by atoms with Crippen LogP contribution in [-0.4, -0.2) is 9.67 Å². The van der Waals surface area contributed by atoms with E-state index in [1.807, 2.05) is 39.1 Å². The van der Waals surface area contributed by atoms with E-state index in [-0.39, 0.29) is 12.2 Å². The van der Waals surface area contributed by atoms with Crippen LogP contribution in [0.4, 0.5) is 0 Å².